The molecule has 3 aromatic rings. The van der Waals surface area contributed by atoms with E-state index in [9.17, 15) is 4.79 Å². The maximum absolute atomic E-state index is 11.7. The van der Waals surface area contributed by atoms with Crippen LogP contribution in [0.2, 0.25) is 5.02 Å². The molecule has 2 atom stereocenters. The van der Waals surface area contributed by atoms with Crippen molar-refractivity contribution in [2.24, 2.45) is 11.8 Å². The molecule has 0 aromatic carbocycles. The first-order valence-electron chi connectivity index (χ1n) is 12.5. The quantitative estimate of drug-likeness (QED) is 0.443. The number of amides is 1. The highest BCUT2D eigenvalue weighted by molar-refractivity contribution is 6.30. The normalized spacial score (nSPS) is 23.6. The molecule has 4 heterocycles. The summed E-state index contributed by atoms with van der Waals surface area (Å²) in [5.74, 6) is 2.23. The topological polar surface area (TPSA) is 125 Å². The number of nitrogens with one attached hydrogen (secondary N) is 2. The Hall–Kier alpha value is -2.86. The van der Waals surface area contributed by atoms with Gasteiger partial charge < -0.3 is 18.9 Å². The van der Waals surface area contributed by atoms with Crippen LogP contribution in [-0.4, -0.2) is 51.4 Å². The maximum atomic E-state index is 11.7. The Kier molecular flexibility index (Phi) is 7.30. The molecule has 11 nitrogen and oxygen atoms in total. The Morgan fingerprint density at radius 2 is 1.97 bits per heavy atom. The molecule has 5 rings (SSSR count). The molecule has 1 saturated heterocycles. The van der Waals surface area contributed by atoms with Crippen LogP contribution < -0.4 is 10.8 Å². The number of aromatic nitrogens is 5. The molecule has 0 spiro atoms. The second-order valence-electron chi connectivity index (χ2n) is 10.1. The Balaban J connectivity index is 1.73. The van der Waals surface area contributed by atoms with Crippen molar-refractivity contribution >= 4 is 28.9 Å². The van der Waals surface area contributed by atoms with E-state index in [2.05, 4.69) is 27.3 Å². The number of halogens is 1. The van der Waals surface area contributed by atoms with Crippen LogP contribution in [0.15, 0.2) is 18.5 Å². The van der Waals surface area contributed by atoms with E-state index < -0.39 is 17.9 Å². The van der Waals surface area contributed by atoms with Gasteiger partial charge >= 0.3 is 6.09 Å². The van der Waals surface area contributed by atoms with Crippen LogP contribution in [0, 0.1) is 11.8 Å². The summed E-state index contributed by atoms with van der Waals surface area (Å²) in [6.07, 6.45) is 6.61. The van der Waals surface area contributed by atoms with Gasteiger partial charge in [-0.05, 0) is 37.7 Å². The van der Waals surface area contributed by atoms with Crippen molar-refractivity contribution in [3.05, 3.63) is 35.1 Å². The van der Waals surface area contributed by atoms with Crippen molar-refractivity contribution in [1.29, 1.82) is 0 Å². The maximum Gasteiger partial charge on any atom is 0.427 e. The number of hydroxylamine groups is 1. The molecule has 1 saturated carbocycles. The van der Waals surface area contributed by atoms with Gasteiger partial charge in [0.05, 0.1) is 11.6 Å². The minimum atomic E-state index is -0.829. The van der Waals surface area contributed by atoms with Gasteiger partial charge in [-0.1, -0.05) is 31.4 Å². The minimum absolute atomic E-state index is 0.303. The van der Waals surface area contributed by atoms with E-state index in [1.165, 1.54) is 12.8 Å². The molecule has 2 aliphatic rings. The van der Waals surface area contributed by atoms with Gasteiger partial charge in [0.25, 0.3) is 0 Å². The number of carbonyl (C=O) groups excluding carboxylic acids is 1. The molecule has 0 radical (unpaired) electrons. The average molecular weight is 530 g/mol. The number of carbonyl (C=O) groups is 1. The van der Waals surface area contributed by atoms with Crippen LogP contribution in [0.1, 0.15) is 57.3 Å². The van der Waals surface area contributed by atoms with Gasteiger partial charge in [-0.2, -0.15) is 0 Å². The van der Waals surface area contributed by atoms with E-state index in [-0.39, 0.29) is 0 Å². The smallest absolute Gasteiger partial charge is 0.381 e. The molecule has 2 unspecified atom stereocenters. The van der Waals surface area contributed by atoms with Gasteiger partial charge in [0.1, 0.15) is 22.6 Å². The molecule has 198 valence electrons. The van der Waals surface area contributed by atoms with Gasteiger partial charge in [-0.25, -0.2) is 19.7 Å². The van der Waals surface area contributed by atoms with Crippen molar-refractivity contribution in [1.82, 2.24) is 35.3 Å². The zero-order chi connectivity index (χ0) is 26.2. The van der Waals surface area contributed by atoms with Crippen LogP contribution in [0.25, 0.3) is 22.4 Å². The predicted molar refractivity (Wildman–Crippen MR) is 136 cm³/mol. The Morgan fingerprint density at radius 1 is 1.19 bits per heavy atom. The zero-order valence-corrected chi connectivity index (χ0v) is 22.2. The Labute approximate surface area is 220 Å². The minimum Gasteiger partial charge on any atom is -0.381 e. The summed E-state index contributed by atoms with van der Waals surface area (Å²) in [4.78, 5) is 35.4. The fourth-order valence-electron chi connectivity index (χ4n) is 5.17. The first kappa shape index (κ1) is 25.8. The third-order valence-corrected chi connectivity index (χ3v) is 7.51. The highest BCUT2D eigenvalue weighted by atomic mass is 35.5. The number of hydrogen-bond donors (Lipinski definition) is 2. The van der Waals surface area contributed by atoms with Gasteiger partial charge in [-0.3, -0.25) is 10.3 Å². The standard InChI is InChI=1S/C25H32ClN7O4/c1-14-5-7-15(8-6-14)12-33-19-18(16-9-17(26)11-27-10-16)28-21(22-31-24(34)37-32-22)29-20(19)30-23(33)25(2,36-4)13-35-3/h9-11,14-15,22,32H,5-8,12-13H2,1-4H3,(H,31,34). The van der Waals surface area contributed by atoms with Crippen molar-refractivity contribution in [3.8, 4) is 11.3 Å². The monoisotopic (exact) mass is 529 g/mol. The molecule has 1 amide bonds. The van der Waals surface area contributed by atoms with E-state index in [0.717, 1.165) is 30.8 Å². The lowest BCUT2D eigenvalue weighted by molar-refractivity contribution is -0.0637. The van der Waals surface area contributed by atoms with Crippen molar-refractivity contribution in [2.45, 2.75) is 57.8 Å². The van der Waals surface area contributed by atoms with Crippen LogP contribution in [0.4, 0.5) is 4.79 Å². The third kappa shape index (κ3) is 5.13. The van der Waals surface area contributed by atoms with Crippen LogP contribution in [0.5, 0.6) is 0 Å². The number of nitrogens with zero attached hydrogens (tertiary/aromatic N) is 5. The lowest BCUT2D eigenvalue weighted by atomic mass is 9.83. The molecule has 3 aromatic heterocycles. The fourth-order valence-corrected chi connectivity index (χ4v) is 5.35. The van der Waals surface area contributed by atoms with E-state index in [4.69, 9.17) is 40.9 Å². The molecular weight excluding hydrogens is 498 g/mol. The van der Waals surface area contributed by atoms with Gasteiger partial charge in [-0.15, -0.1) is 5.48 Å². The highest BCUT2D eigenvalue weighted by Gasteiger charge is 2.36. The van der Waals surface area contributed by atoms with Crippen molar-refractivity contribution < 1.29 is 19.1 Å². The molecule has 12 heteroatoms. The van der Waals surface area contributed by atoms with E-state index >= 15 is 0 Å². The Bertz CT molecular complexity index is 1290. The van der Waals surface area contributed by atoms with Crippen molar-refractivity contribution in [3.63, 3.8) is 0 Å². The molecular formula is C25H32ClN7O4. The lowest BCUT2D eigenvalue weighted by Gasteiger charge is -2.31. The molecule has 37 heavy (non-hydrogen) atoms. The summed E-state index contributed by atoms with van der Waals surface area (Å²) in [5.41, 5.74) is 4.34. The predicted octanol–water partition coefficient (Wildman–Crippen LogP) is 4.12. The van der Waals surface area contributed by atoms with Crippen LogP contribution >= 0.6 is 11.6 Å². The average Bonchev–Trinajstić information content (AvgIpc) is 3.49. The number of imidazole rings is 1. The highest BCUT2D eigenvalue weighted by Crippen LogP contribution is 2.37. The van der Waals surface area contributed by atoms with E-state index in [0.29, 0.717) is 46.1 Å². The number of methoxy groups -OCH3 is 2. The van der Waals surface area contributed by atoms with E-state index in [1.807, 2.05) is 6.92 Å². The van der Waals surface area contributed by atoms with E-state index in [1.54, 1.807) is 32.7 Å². The molecule has 0 bridgehead atoms. The second-order valence-corrected chi connectivity index (χ2v) is 10.6. The largest absolute Gasteiger partial charge is 0.427 e. The first-order chi connectivity index (χ1) is 17.8. The molecule has 2 fully saturated rings. The SMILES string of the molecule is COCC(C)(OC)c1nc2nc(C3NOC(=O)N3)nc(-c3cncc(Cl)c3)c2n1CC1CCC(C)CC1. The van der Waals surface area contributed by atoms with Gasteiger partial charge in [0.15, 0.2) is 17.6 Å². The van der Waals surface area contributed by atoms with Gasteiger partial charge in [0.2, 0.25) is 0 Å². The number of hydrogen-bond acceptors (Lipinski definition) is 9. The molecule has 1 aliphatic heterocycles. The Morgan fingerprint density at radius 3 is 2.62 bits per heavy atom. The molecule has 2 N–H and O–H groups in total. The van der Waals surface area contributed by atoms with Gasteiger partial charge in [0, 0.05) is 38.7 Å². The number of ether oxygens (including phenoxy) is 2. The summed E-state index contributed by atoms with van der Waals surface area (Å²) in [5, 5.41) is 3.14. The van der Waals surface area contributed by atoms with Crippen molar-refractivity contribution in [2.75, 3.05) is 20.8 Å². The summed E-state index contributed by atoms with van der Waals surface area (Å²) >= 11 is 6.33. The number of fused-ring (bicyclic) bond motifs is 1. The number of pyridine rings is 1. The first-order valence-corrected chi connectivity index (χ1v) is 12.9. The number of rotatable bonds is 8. The third-order valence-electron chi connectivity index (χ3n) is 7.31. The summed E-state index contributed by atoms with van der Waals surface area (Å²) in [6, 6.07) is 1.81. The summed E-state index contributed by atoms with van der Waals surface area (Å²) in [6.45, 7) is 5.32. The fraction of sp³-hybridized carbons (Fsp3) is 0.560. The summed E-state index contributed by atoms with van der Waals surface area (Å²) < 4.78 is 13.7. The van der Waals surface area contributed by atoms with Crippen LogP contribution in [0.3, 0.4) is 0 Å². The molecule has 1 aliphatic carbocycles. The van der Waals surface area contributed by atoms with Crippen LogP contribution in [-0.2, 0) is 26.5 Å². The zero-order valence-electron chi connectivity index (χ0n) is 21.5. The lowest BCUT2D eigenvalue weighted by Crippen LogP contribution is -2.34. The summed E-state index contributed by atoms with van der Waals surface area (Å²) in [7, 11) is 3.29. The second kappa shape index (κ2) is 10.5.